The van der Waals surface area contributed by atoms with Crippen LogP contribution >= 0.6 is 22.9 Å². The largest absolute Gasteiger partial charge is 0.369 e. The van der Waals surface area contributed by atoms with Gasteiger partial charge in [-0.2, -0.15) is 11.3 Å². The van der Waals surface area contributed by atoms with Crippen molar-refractivity contribution in [2.24, 2.45) is 5.73 Å². The van der Waals surface area contributed by atoms with Gasteiger partial charge in [0.15, 0.2) is 0 Å². The van der Waals surface area contributed by atoms with Gasteiger partial charge in [-0.3, -0.25) is 0 Å². The molecule has 0 aliphatic heterocycles. The summed E-state index contributed by atoms with van der Waals surface area (Å²) >= 11 is 8.13. The zero-order chi connectivity index (χ0) is 14.5. The van der Waals surface area contributed by atoms with E-state index in [1.807, 2.05) is 12.1 Å². The molecule has 0 aliphatic carbocycles. The van der Waals surface area contributed by atoms with E-state index >= 15 is 0 Å². The van der Waals surface area contributed by atoms with Crippen LogP contribution in [0.5, 0.6) is 0 Å². The van der Waals surface area contributed by atoms with E-state index < -0.39 is 0 Å². The van der Waals surface area contributed by atoms with Gasteiger partial charge in [-0.25, -0.2) is 0 Å². The van der Waals surface area contributed by atoms with E-state index in [2.05, 4.69) is 41.8 Å². The summed E-state index contributed by atoms with van der Waals surface area (Å²) in [7, 11) is 2.08. The van der Waals surface area contributed by atoms with Crippen molar-refractivity contribution in [1.29, 1.82) is 0 Å². The van der Waals surface area contributed by atoms with Gasteiger partial charge >= 0.3 is 0 Å². The van der Waals surface area contributed by atoms with Gasteiger partial charge in [0, 0.05) is 19.6 Å². The standard InChI is InChI=1S/C16H21ClN2S/c1-3-14(18)9-13-5-4-6-15(17)16(13)19(2)10-12-7-8-20-11-12/h4-8,11,14H,3,9-10,18H2,1-2H3. The molecule has 0 saturated heterocycles. The number of nitrogens with zero attached hydrogens (tertiary/aromatic N) is 1. The number of benzene rings is 1. The van der Waals surface area contributed by atoms with Gasteiger partial charge in [-0.05, 0) is 46.9 Å². The molecule has 1 unspecified atom stereocenters. The van der Waals surface area contributed by atoms with Crippen molar-refractivity contribution in [3.63, 3.8) is 0 Å². The van der Waals surface area contributed by atoms with Crippen molar-refractivity contribution in [3.05, 3.63) is 51.2 Å². The van der Waals surface area contributed by atoms with Gasteiger partial charge in [0.25, 0.3) is 0 Å². The van der Waals surface area contributed by atoms with Crippen LogP contribution in [-0.2, 0) is 13.0 Å². The number of thiophene rings is 1. The number of nitrogens with two attached hydrogens (primary N) is 1. The predicted octanol–water partition coefficient (Wildman–Crippen LogP) is 4.32. The Labute approximate surface area is 130 Å². The Morgan fingerprint density at radius 2 is 2.15 bits per heavy atom. The molecule has 0 fully saturated rings. The molecule has 4 heteroatoms. The topological polar surface area (TPSA) is 29.3 Å². The molecule has 0 radical (unpaired) electrons. The maximum atomic E-state index is 6.41. The maximum absolute atomic E-state index is 6.41. The van der Waals surface area contributed by atoms with Crippen molar-refractivity contribution in [1.82, 2.24) is 0 Å². The van der Waals surface area contributed by atoms with Gasteiger partial charge in [-0.1, -0.05) is 30.7 Å². The predicted molar refractivity (Wildman–Crippen MR) is 89.8 cm³/mol. The molecule has 0 spiro atoms. The van der Waals surface area contributed by atoms with E-state index in [0.29, 0.717) is 0 Å². The Morgan fingerprint density at radius 1 is 1.35 bits per heavy atom. The third-order valence-corrected chi connectivity index (χ3v) is 4.50. The molecule has 0 bridgehead atoms. The third kappa shape index (κ3) is 3.75. The first-order chi connectivity index (χ1) is 9.61. The minimum Gasteiger partial charge on any atom is -0.369 e. The van der Waals surface area contributed by atoms with Crippen LogP contribution in [0.1, 0.15) is 24.5 Å². The average Bonchev–Trinajstić information content (AvgIpc) is 2.91. The molecule has 20 heavy (non-hydrogen) atoms. The first-order valence-electron chi connectivity index (χ1n) is 6.87. The van der Waals surface area contributed by atoms with E-state index in [4.69, 9.17) is 17.3 Å². The van der Waals surface area contributed by atoms with E-state index in [9.17, 15) is 0 Å². The minimum atomic E-state index is 0.182. The summed E-state index contributed by atoms with van der Waals surface area (Å²) in [6.07, 6.45) is 1.83. The monoisotopic (exact) mass is 308 g/mol. The van der Waals surface area contributed by atoms with Gasteiger partial charge in [0.2, 0.25) is 0 Å². The number of para-hydroxylation sites is 1. The van der Waals surface area contributed by atoms with Crippen molar-refractivity contribution in [3.8, 4) is 0 Å². The number of hydrogen-bond acceptors (Lipinski definition) is 3. The molecule has 2 N–H and O–H groups in total. The van der Waals surface area contributed by atoms with Crippen LogP contribution in [0.25, 0.3) is 0 Å². The number of rotatable bonds is 6. The van der Waals surface area contributed by atoms with Crippen LogP contribution in [0.2, 0.25) is 5.02 Å². The number of anilines is 1. The molecule has 2 rings (SSSR count). The summed E-state index contributed by atoms with van der Waals surface area (Å²) in [6.45, 7) is 2.98. The quantitative estimate of drug-likeness (QED) is 0.861. The van der Waals surface area contributed by atoms with Gasteiger partial charge < -0.3 is 10.6 Å². The Bertz CT molecular complexity index is 539. The van der Waals surface area contributed by atoms with E-state index in [0.717, 1.165) is 30.1 Å². The van der Waals surface area contributed by atoms with Crippen molar-refractivity contribution >= 4 is 28.6 Å². The lowest BCUT2D eigenvalue weighted by Gasteiger charge is -2.24. The lowest BCUT2D eigenvalue weighted by atomic mass is 10.0. The second-order valence-corrected chi connectivity index (χ2v) is 6.29. The van der Waals surface area contributed by atoms with Crippen molar-refractivity contribution < 1.29 is 0 Å². The molecule has 1 aromatic carbocycles. The van der Waals surface area contributed by atoms with Gasteiger partial charge in [0.05, 0.1) is 10.7 Å². The smallest absolute Gasteiger partial charge is 0.0642 e. The summed E-state index contributed by atoms with van der Waals surface area (Å²) in [6, 6.07) is 8.40. The van der Waals surface area contributed by atoms with Crippen molar-refractivity contribution in [2.45, 2.75) is 32.4 Å². The molecular formula is C16H21ClN2S. The zero-order valence-corrected chi connectivity index (χ0v) is 13.5. The highest BCUT2D eigenvalue weighted by Crippen LogP contribution is 2.31. The highest BCUT2D eigenvalue weighted by Gasteiger charge is 2.14. The molecule has 0 aliphatic rings. The third-order valence-electron chi connectivity index (χ3n) is 3.46. The molecule has 1 heterocycles. The van der Waals surface area contributed by atoms with E-state index in [1.54, 1.807) is 11.3 Å². The minimum absolute atomic E-state index is 0.182. The highest BCUT2D eigenvalue weighted by atomic mass is 35.5. The molecule has 0 amide bonds. The SMILES string of the molecule is CCC(N)Cc1cccc(Cl)c1N(C)Cc1ccsc1. The summed E-state index contributed by atoms with van der Waals surface area (Å²) in [5.74, 6) is 0. The average molecular weight is 309 g/mol. The molecule has 2 nitrogen and oxygen atoms in total. The molecule has 1 atom stereocenters. The Hall–Kier alpha value is -1.03. The van der Waals surface area contributed by atoms with Crippen LogP contribution in [0, 0.1) is 0 Å². The maximum Gasteiger partial charge on any atom is 0.0642 e. The van der Waals surface area contributed by atoms with Gasteiger partial charge in [-0.15, -0.1) is 0 Å². The Balaban J connectivity index is 2.24. The molecule has 2 aromatic rings. The molecular weight excluding hydrogens is 288 g/mol. The molecule has 1 aromatic heterocycles. The van der Waals surface area contributed by atoms with Crippen LogP contribution < -0.4 is 10.6 Å². The number of halogens is 1. The lowest BCUT2D eigenvalue weighted by molar-refractivity contribution is 0.645. The van der Waals surface area contributed by atoms with Crippen LogP contribution in [-0.4, -0.2) is 13.1 Å². The summed E-state index contributed by atoms with van der Waals surface area (Å²) in [5, 5.41) is 5.07. The fourth-order valence-corrected chi connectivity index (χ4v) is 3.31. The second kappa shape index (κ2) is 7.11. The van der Waals surface area contributed by atoms with E-state index in [-0.39, 0.29) is 6.04 Å². The van der Waals surface area contributed by atoms with Crippen LogP contribution in [0.15, 0.2) is 35.0 Å². The van der Waals surface area contributed by atoms with Crippen molar-refractivity contribution in [2.75, 3.05) is 11.9 Å². The first-order valence-corrected chi connectivity index (χ1v) is 8.19. The first kappa shape index (κ1) is 15.4. The summed E-state index contributed by atoms with van der Waals surface area (Å²) < 4.78 is 0. The summed E-state index contributed by atoms with van der Waals surface area (Å²) in [5.41, 5.74) is 9.74. The molecule has 0 saturated carbocycles. The van der Waals surface area contributed by atoms with Gasteiger partial charge in [0.1, 0.15) is 0 Å². The van der Waals surface area contributed by atoms with Crippen LogP contribution in [0.3, 0.4) is 0 Å². The number of hydrogen-bond donors (Lipinski definition) is 1. The van der Waals surface area contributed by atoms with Crippen LogP contribution in [0.4, 0.5) is 5.69 Å². The Morgan fingerprint density at radius 3 is 2.80 bits per heavy atom. The lowest BCUT2D eigenvalue weighted by Crippen LogP contribution is -2.24. The molecule has 108 valence electrons. The second-order valence-electron chi connectivity index (χ2n) is 5.11. The fraction of sp³-hybridized carbons (Fsp3) is 0.375. The highest BCUT2D eigenvalue weighted by molar-refractivity contribution is 7.07. The normalized spacial score (nSPS) is 12.4. The fourth-order valence-electron chi connectivity index (χ4n) is 2.31. The summed E-state index contributed by atoms with van der Waals surface area (Å²) in [4.78, 5) is 2.21. The zero-order valence-electron chi connectivity index (χ0n) is 12.0. The van der Waals surface area contributed by atoms with E-state index in [1.165, 1.54) is 11.1 Å². The Kier molecular flexibility index (Phi) is 5.46.